The fourth-order valence-electron chi connectivity index (χ4n) is 5.08. The lowest BCUT2D eigenvalue weighted by atomic mass is 9.89. The molecule has 4 nitrogen and oxygen atoms in total. The molecule has 0 radical (unpaired) electrons. The van der Waals surface area contributed by atoms with Crippen molar-refractivity contribution >= 4 is 21.5 Å². The third kappa shape index (κ3) is 3.80. The Hall–Kier alpha value is -5.22. The lowest BCUT2D eigenvalue weighted by molar-refractivity contribution is 1.08. The third-order valence-corrected chi connectivity index (χ3v) is 6.78. The first-order valence-corrected chi connectivity index (χ1v) is 12.6. The minimum absolute atomic E-state index is 0.649. The van der Waals surface area contributed by atoms with E-state index in [4.69, 9.17) is 19.9 Å². The second kappa shape index (κ2) is 9.34. The summed E-state index contributed by atoms with van der Waals surface area (Å²) in [6, 6.07) is 43.1. The van der Waals surface area contributed by atoms with Crippen LogP contribution in [0.25, 0.3) is 67.0 Å². The summed E-state index contributed by atoms with van der Waals surface area (Å²) in [4.78, 5) is 19.7. The van der Waals surface area contributed by atoms with Crippen LogP contribution in [0.4, 0.5) is 0 Å². The zero-order valence-corrected chi connectivity index (χ0v) is 20.5. The SMILES string of the molecule is c1ccc(-c2nc(-c3ccccc3)nc(-c3c4ccccc4c(-c4ccccn4)c4ccccc34)n2)cc1. The molecule has 0 atom stereocenters. The molecule has 38 heavy (non-hydrogen) atoms. The van der Waals surface area contributed by atoms with E-state index in [0.29, 0.717) is 17.5 Å². The van der Waals surface area contributed by atoms with Gasteiger partial charge in [-0.2, -0.15) is 0 Å². The monoisotopic (exact) mass is 486 g/mol. The zero-order valence-electron chi connectivity index (χ0n) is 20.5. The molecule has 0 aliphatic rings. The van der Waals surface area contributed by atoms with E-state index in [-0.39, 0.29) is 0 Å². The zero-order chi connectivity index (χ0) is 25.3. The second-order valence-electron chi connectivity index (χ2n) is 9.09. The fraction of sp³-hybridized carbons (Fsp3) is 0. The van der Waals surface area contributed by atoms with Gasteiger partial charge in [0.25, 0.3) is 0 Å². The molecule has 7 rings (SSSR count). The molecular weight excluding hydrogens is 464 g/mol. The number of rotatable bonds is 4. The molecule has 0 saturated carbocycles. The highest BCUT2D eigenvalue weighted by molar-refractivity contribution is 6.20. The molecule has 2 aromatic heterocycles. The molecule has 0 aliphatic heterocycles. The molecular formula is C34H22N4. The molecule has 0 unspecified atom stereocenters. The minimum Gasteiger partial charge on any atom is -0.256 e. The van der Waals surface area contributed by atoms with Gasteiger partial charge >= 0.3 is 0 Å². The van der Waals surface area contributed by atoms with E-state index in [9.17, 15) is 0 Å². The first-order chi connectivity index (χ1) is 18.9. The van der Waals surface area contributed by atoms with Crippen molar-refractivity contribution < 1.29 is 0 Å². The Bertz CT molecular complexity index is 1790. The standard InChI is InChI=1S/C34H22N4/c1-3-13-23(14-4-1)32-36-33(24-15-5-2-6-16-24)38-34(37-32)31-27-19-9-7-17-25(27)30(29-21-11-12-22-35-29)26-18-8-10-20-28(26)31/h1-22H. The van der Waals surface area contributed by atoms with E-state index in [2.05, 4.69) is 54.6 Å². The maximum absolute atomic E-state index is 5.06. The van der Waals surface area contributed by atoms with Gasteiger partial charge in [-0.25, -0.2) is 15.0 Å². The summed E-state index contributed by atoms with van der Waals surface area (Å²) in [5.74, 6) is 1.95. The minimum atomic E-state index is 0.649. The highest BCUT2D eigenvalue weighted by atomic mass is 15.0. The molecule has 2 heterocycles. The van der Waals surface area contributed by atoms with Crippen LogP contribution in [0, 0.1) is 0 Å². The van der Waals surface area contributed by atoms with Crippen molar-refractivity contribution in [2.24, 2.45) is 0 Å². The highest BCUT2D eigenvalue weighted by Crippen LogP contribution is 2.42. The quantitative estimate of drug-likeness (QED) is 0.235. The molecule has 0 N–H and O–H groups in total. The van der Waals surface area contributed by atoms with Crippen molar-refractivity contribution in [3.63, 3.8) is 0 Å². The molecule has 0 amide bonds. The Balaban J connectivity index is 1.60. The molecule has 0 bridgehead atoms. The van der Waals surface area contributed by atoms with Gasteiger partial charge in [0, 0.05) is 28.5 Å². The highest BCUT2D eigenvalue weighted by Gasteiger charge is 2.20. The van der Waals surface area contributed by atoms with Gasteiger partial charge in [-0.3, -0.25) is 4.98 Å². The summed E-state index contributed by atoms with van der Waals surface area (Å²) in [7, 11) is 0. The van der Waals surface area contributed by atoms with Gasteiger partial charge in [0.1, 0.15) is 0 Å². The van der Waals surface area contributed by atoms with E-state index >= 15 is 0 Å². The van der Waals surface area contributed by atoms with Crippen LogP contribution < -0.4 is 0 Å². The van der Waals surface area contributed by atoms with E-state index in [1.165, 1.54) is 0 Å². The normalized spacial score (nSPS) is 11.2. The molecule has 178 valence electrons. The van der Waals surface area contributed by atoms with Gasteiger partial charge in [0.2, 0.25) is 0 Å². The van der Waals surface area contributed by atoms with Crippen LogP contribution in [0.15, 0.2) is 134 Å². The van der Waals surface area contributed by atoms with E-state index < -0.39 is 0 Å². The Morgan fingerprint density at radius 1 is 0.342 bits per heavy atom. The second-order valence-corrected chi connectivity index (χ2v) is 9.09. The van der Waals surface area contributed by atoms with Gasteiger partial charge in [-0.15, -0.1) is 0 Å². The number of hydrogen-bond donors (Lipinski definition) is 0. The maximum Gasteiger partial charge on any atom is 0.165 e. The van der Waals surface area contributed by atoms with Crippen molar-refractivity contribution in [1.82, 2.24) is 19.9 Å². The average Bonchev–Trinajstić information content (AvgIpc) is 3.01. The summed E-state index contributed by atoms with van der Waals surface area (Å²) in [5, 5.41) is 4.39. The summed E-state index contributed by atoms with van der Waals surface area (Å²) in [5.41, 5.74) is 4.95. The Kier molecular flexibility index (Phi) is 5.41. The average molecular weight is 487 g/mol. The van der Waals surface area contributed by atoms with Crippen LogP contribution in [0.3, 0.4) is 0 Å². The first kappa shape index (κ1) is 22.0. The molecule has 0 saturated heterocycles. The summed E-state index contributed by atoms with van der Waals surface area (Å²) in [6.45, 7) is 0. The molecule has 0 fully saturated rings. The lowest BCUT2D eigenvalue weighted by Gasteiger charge is -2.17. The number of benzene rings is 5. The molecule has 4 heteroatoms. The van der Waals surface area contributed by atoms with E-state index in [1.807, 2.05) is 79.0 Å². The number of aromatic nitrogens is 4. The van der Waals surface area contributed by atoms with Gasteiger partial charge in [-0.05, 0) is 33.7 Å². The number of hydrogen-bond acceptors (Lipinski definition) is 4. The van der Waals surface area contributed by atoms with Gasteiger partial charge in [0.15, 0.2) is 17.5 Å². The van der Waals surface area contributed by atoms with Crippen molar-refractivity contribution in [2.45, 2.75) is 0 Å². The number of fused-ring (bicyclic) bond motifs is 2. The van der Waals surface area contributed by atoms with Crippen LogP contribution in [0.2, 0.25) is 0 Å². The van der Waals surface area contributed by atoms with Gasteiger partial charge < -0.3 is 0 Å². The number of nitrogens with zero attached hydrogens (tertiary/aromatic N) is 4. The fourth-order valence-corrected chi connectivity index (χ4v) is 5.08. The van der Waals surface area contributed by atoms with Crippen LogP contribution in [-0.4, -0.2) is 19.9 Å². The topological polar surface area (TPSA) is 51.6 Å². The molecule has 0 spiro atoms. The predicted octanol–water partition coefficient (Wildman–Crippen LogP) is 8.24. The lowest BCUT2D eigenvalue weighted by Crippen LogP contribution is -2.01. The first-order valence-electron chi connectivity index (χ1n) is 12.6. The van der Waals surface area contributed by atoms with Crippen LogP contribution in [-0.2, 0) is 0 Å². The molecule has 7 aromatic rings. The summed E-state index contributed by atoms with van der Waals surface area (Å²) >= 11 is 0. The van der Waals surface area contributed by atoms with Gasteiger partial charge in [0.05, 0.1) is 5.69 Å². The van der Waals surface area contributed by atoms with Crippen LogP contribution in [0.1, 0.15) is 0 Å². The predicted molar refractivity (Wildman–Crippen MR) is 154 cm³/mol. The van der Waals surface area contributed by atoms with Crippen LogP contribution >= 0.6 is 0 Å². The summed E-state index contributed by atoms with van der Waals surface area (Å²) < 4.78 is 0. The van der Waals surface area contributed by atoms with E-state index in [0.717, 1.165) is 49.5 Å². The van der Waals surface area contributed by atoms with Crippen molar-refractivity contribution in [3.8, 4) is 45.4 Å². The Morgan fingerprint density at radius 2 is 0.763 bits per heavy atom. The van der Waals surface area contributed by atoms with Gasteiger partial charge in [-0.1, -0.05) is 115 Å². The van der Waals surface area contributed by atoms with Crippen molar-refractivity contribution in [2.75, 3.05) is 0 Å². The largest absolute Gasteiger partial charge is 0.256 e. The smallest absolute Gasteiger partial charge is 0.165 e. The Labute approximate surface area is 220 Å². The van der Waals surface area contributed by atoms with E-state index in [1.54, 1.807) is 0 Å². The van der Waals surface area contributed by atoms with Crippen molar-refractivity contribution in [1.29, 1.82) is 0 Å². The summed E-state index contributed by atoms with van der Waals surface area (Å²) in [6.07, 6.45) is 1.84. The molecule has 0 aliphatic carbocycles. The molecule has 5 aromatic carbocycles. The Morgan fingerprint density at radius 3 is 1.24 bits per heavy atom. The van der Waals surface area contributed by atoms with Crippen LogP contribution in [0.5, 0.6) is 0 Å². The van der Waals surface area contributed by atoms with Crippen molar-refractivity contribution in [3.05, 3.63) is 134 Å². The maximum atomic E-state index is 5.06. The number of pyridine rings is 1. The third-order valence-electron chi connectivity index (χ3n) is 6.78.